The van der Waals surface area contributed by atoms with E-state index in [-0.39, 0.29) is 30.5 Å². The maximum atomic E-state index is 12.7. The number of carbonyl (C=O) groups is 2. The number of benzene rings is 1. The molecular weight excluding hydrogens is 348 g/mol. The number of thiophene rings is 1. The Morgan fingerprint density at radius 1 is 1.23 bits per heavy atom. The number of fused-ring (bicyclic) bond motifs is 2. The highest BCUT2D eigenvalue weighted by atomic mass is 32.1. The molecule has 1 aromatic heterocycles. The van der Waals surface area contributed by atoms with Crippen LogP contribution in [0.25, 0.3) is 0 Å². The number of piperidine rings is 1. The zero-order chi connectivity index (χ0) is 18.1. The third-order valence-electron chi connectivity index (χ3n) is 5.31. The Morgan fingerprint density at radius 2 is 2.08 bits per heavy atom. The second-order valence-corrected chi connectivity index (χ2v) is 8.01. The van der Waals surface area contributed by atoms with E-state index in [1.54, 1.807) is 0 Å². The normalized spacial score (nSPS) is 23.9. The molecule has 3 unspecified atom stereocenters. The van der Waals surface area contributed by atoms with Crippen LogP contribution in [0, 0.1) is 12.8 Å². The molecule has 1 aliphatic heterocycles. The number of para-hydroxylation sites is 1. The summed E-state index contributed by atoms with van der Waals surface area (Å²) < 4.78 is 5.72. The van der Waals surface area contributed by atoms with Gasteiger partial charge < -0.3 is 15.0 Å². The van der Waals surface area contributed by atoms with Gasteiger partial charge in [0.05, 0.1) is 10.9 Å². The second-order valence-electron chi connectivity index (χ2n) is 7.06. The molecule has 4 rings (SSSR count). The van der Waals surface area contributed by atoms with Gasteiger partial charge in [-0.15, -0.1) is 11.3 Å². The highest BCUT2D eigenvalue weighted by Gasteiger charge is 2.47. The van der Waals surface area contributed by atoms with E-state index in [1.165, 1.54) is 11.3 Å². The van der Waals surface area contributed by atoms with Crippen molar-refractivity contribution in [2.75, 3.05) is 13.2 Å². The SMILES string of the molecule is Cc1ccccc1OCC(=O)N1CC2CC(NC(=O)c3cccs3)C1C2. The third-order valence-corrected chi connectivity index (χ3v) is 6.18. The second kappa shape index (κ2) is 7.11. The number of nitrogens with zero attached hydrogens (tertiary/aromatic N) is 1. The van der Waals surface area contributed by atoms with Gasteiger partial charge in [-0.1, -0.05) is 24.3 Å². The lowest BCUT2D eigenvalue weighted by atomic mass is 10.1. The van der Waals surface area contributed by atoms with Crippen molar-refractivity contribution in [1.82, 2.24) is 10.2 Å². The van der Waals surface area contributed by atoms with Crippen molar-refractivity contribution in [3.05, 3.63) is 52.2 Å². The first-order chi connectivity index (χ1) is 12.6. The number of amides is 2. The Kier molecular flexibility index (Phi) is 4.68. The van der Waals surface area contributed by atoms with E-state index in [1.807, 2.05) is 53.6 Å². The van der Waals surface area contributed by atoms with Crippen LogP contribution in [-0.2, 0) is 4.79 Å². The number of hydrogen-bond donors (Lipinski definition) is 1. The quantitative estimate of drug-likeness (QED) is 0.880. The standard InChI is InChI=1S/C20H22N2O3S/c1-13-5-2-3-6-17(13)25-12-19(23)22-11-14-9-15(16(22)10-14)21-20(24)18-7-4-8-26-18/h2-8,14-16H,9-12H2,1H3,(H,21,24). The molecule has 5 nitrogen and oxygen atoms in total. The summed E-state index contributed by atoms with van der Waals surface area (Å²) in [6.45, 7) is 2.78. The molecule has 3 atom stereocenters. The van der Waals surface area contributed by atoms with Crippen LogP contribution >= 0.6 is 11.3 Å². The molecule has 1 saturated heterocycles. The Balaban J connectivity index is 1.36. The van der Waals surface area contributed by atoms with E-state index in [0.717, 1.165) is 30.7 Å². The van der Waals surface area contributed by atoms with Gasteiger partial charge in [0.1, 0.15) is 5.75 Å². The number of aryl methyl sites for hydroxylation is 1. The van der Waals surface area contributed by atoms with Gasteiger partial charge in [-0.05, 0) is 48.8 Å². The summed E-state index contributed by atoms with van der Waals surface area (Å²) in [7, 11) is 0. The Bertz CT molecular complexity index is 805. The van der Waals surface area contributed by atoms with Gasteiger partial charge in [0, 0.05) is 12.6 Å². The zero-order valence-corrected chi connectivity index (χ0v) is 15.5. The minimum Gasteiger partial charge on any atom is -0.484 e. The maximum absolute atomic E-state index is 12.7. The lowest BCUT2D eigenvalue weighted by Crippen LogP contribution is -2.52. The molecule has 6 heteroatoms. The van der Waals surface area contributed by atoms with Crippen molar-refractivity contribution in [1.29, 1.82) is 0 Å². The molecule has 0 spiro atoms. The van der Waals surface area contributed by atoms with E-state index in [9.17, 15) is 9.59 Å². The largest absolute Gasteiger partial charge is 0.484 e. The summed E-state index contributed by atoms with van der Waals surface area (Å²) in [6.07, 6.45) is 1.91. The van der Waals surface area contributed by atoms with Gasteiger partial charge in [-0.2, -0.15) is 0 Å². The van der Waals surface area contributed by atoms with E-state index in [4.69, 9.17) is 4.74 Å². The van der Waals surface area contributed by atoms with Crippen LogP contribution in [0.4, 0.5) is 0 Å². The number of likely N-dealkylation sites (tertiary alicyclic amines) is 1. The summed E-state index contributed by atoms with van der Waals surface area (Å²) in [4.78, 5) is 27.6. The third kappa shape index (κ3) is 3.33. The predicted molar refractivity (Wildman–Crippen MR) is 100 cm³/mol. The van der Waals surface area contributed by atoms with Crippen LogP contribution in [-0.4, -0.2) is 41.9 Å². The molecule has 2 aromatic rings. The van der Waals surface area contributed by atoms with E-state index >= 15 is 0 Å². The molecule has 2 bridgehead atoms. The van der Waals surface area contributed by atoms with E-state index in [2.05, 4.69) is 5.32 Å². The molecule has 1 aromatic carbocycles. The fourth-order valence-electron chi connectivity index (χ4n) is 4.06. The molecule has 0 radical (unpaired) electrons. The fraction of sp³-hybridized carbons (Fsp3) is 0.400. The van der Waals surface area contributed by atoms with Crippen molar-refractivity contribution in [2.24, 2.45) is 5.92 Å². The summed E-state index contributed by atoms with van der Waals surface area (Å²) >= 11 is 1.44. The van der Waals surface area contributed by atoms with Crippen LogP contribution in [0.1, 0.15) is 28.1 Å². The molecular formula is C20H22N2O3S. The zero-order valence-electron chi connectivity index (χ0n) is 14.7. The van der Waals surface area contributed by atoms with Gasteiger partial charge in [0.2, 0.25) is 0 Å². The monoisotopic (exact) mass is 370 g/mol. The molecule has 2 aliphatic rings. The predicted octanol–water partition coefficient (Wildman–Crippen LogP) is 2.85. The van der Waals surface area contributed by atoms with Crippen LogP contribution < -0.4 is 10.1 Å². The summed E-state index contributed by atoms with van der Waals surface area (Å²) in [5.41, 5.74) is 1.02. The van der Waals surface area contributed by atoms with Crippen molar-refractivity contribution in [2.45, 2.75) is 31.8 Å². The highest BCUT2D eigenvalue weighted by Crippen LogP contribution is 2.38. The van der Waals surface area contributed by atoms with Gasteiger partial charge in [-0.3, -0.25) is 9.59 Å². The minimum absolute atomic E-state index is 0.00387. The molecule has 2 amide bonds. The van der Waals surface area contributed by atoms with Gasteiger partial charge >= 0.3 is 0 Å². The number of hydrogen-bond acceptors (Lipinski definition) is 4. The minimum atomic E-state index is -0.0406. The highest BCUT2D eigenvalue weighted by molar-refractivity contribution is 7.12. The maximum Gasteiger partial charge on any atom is 0.261 e. The first kappa shape index (κ1) is 17.1. The molecule has 2 fully saturated rings. The number of carbonyl (C=O) groups excluding carboxylic acids is 2. The average Bonchev–Trinajstić information content (AvgIpc) is 3.37. The molecule has 1 aliphatic carbocycles. The summed E-state index contributed by atoms with van der Waals surface area (Å²) in [5.74, 6) is 1.17. The average molecular weight is 370 g/mol. The molecule has 1 N–H and O–H groups in total. The first-order valence-electron chi connectivity index (χ1n) is 8.94. The van der Waals surface area contributed by atoms with Crippen molar-refractivity contribution in [3.8, 4) is 5.75 Å². The first-order valence-corrected chi connectivity index (χ1v) is 9.82. The molecule has 136 valence electrons. The number of rotatable bonds is 5. The molecule has 2 heterocycles. The van der Waals surface area contributed by atoms with Crippen molar-refractivity contribution >= 4 is 23.2 Å². The lowest BCUT2D eigenvalue weighted by Gasteiger charge is -2.33. The van der Waals surface area contributed by atoms with Gasteiger partial charge in [0.15, 0.2) is 6.61 Å². The topological polar surface area (TPSA) is 58.6 Å². The van der Waals surface area contributed by atoms with Crippen LogP contribution in [0.5, 0.6) is 5.75 Å². The molecule has 1 saturated carbocycles. The van der Waals surface area contributed by atoms with E-state index < -0.39 is 0 Å². The Hall–Kier alpha value is -2.34. The van der Waals surface area contributed by atoms with Crippen molar-refractivity contribution in [3.63, 3.8) is 0 Å². The van der Waals surface area contributed by atoms with Crippen LogP contribution in [0.15, 0.2) is 41.8 Å². The smallest absolute Gasteiger partial charge is 0.261 e. The number of ether oxygens (including phenoxy) is 1. The summed E-state index contributed by atoms with van der Waals surface area (Å²) in [6, 6.07) is 11.5. The van der Waals surface area contributed by atoms with Crippen LogP contribution in [0.2, 0.25) is 0 Å². The van der Waals surface area contributed by atoms with Crippen LogP contribution in [0.3, 0.4) is 0 Å². The molecule has 26 heavy (non-hydrogen) atoms. The summed E-state index contributed by atoms with van der Waals surface area (Å²) in [5, 5.41) is 5.01. The number of nitrogens with one attached hydrogen (secondary N) is 1. The van der Waals surface area contributed by atoms with E-state index in [0.29, 0.717) is 10.8 Å². The van der Waals surface area contributed by atoms with Gasteiger partial charge in [0.25, 0.3) is 11.8 Å². The van der Waals surface area contributed by atoms with Crippen molar-refractivity contribution < 1.29 is 14.3 Å². The fourth-order valence-corrected chi connectivity index (χ4v) is 4.68. The lowest BCUT2D eigenvalue weighted by molar-refractivity contribution is -0.135. The Labute approximate surface area is 157 Å². The van der Waals surface area contributed by atoms with Gasteiger partial charge in [-0.25, -0.2) is 0 Å². The Morgan fingerprint density at radius 3 is 2.81 bits per heavy atom.